The molecule has 0 spiro atoms. The summed E-state index contributed by atoms with van der Waals surface area (Å²) in [4.78, 5) is 39.5. The molecule has 0 aliphatic carbocycles. The Morgan fingerprint density at radius 3 is 2.28 bits per heavy atom. The summed E-state index contributed by atoms with van der Waals surface area (Å²) in [6, 6.07) is 2.97. The number of rotatable bonds is 2. The second kappa shape index (κ2) is 7.09. The van der Waals surface area contributed by atoms with Gasteiger partial charge in [0.25, 0.3) is 5.69 Å². The van der Waals surface area contributed by atoms with Gasteiger partial charge in [0, 0.05) is 45.8 Å². The number of amides is 1. The minimum atomic E-state index is -0.584. The van der Waals surface area contributed by atoms with E-state index in [-0.39, 0.29) is 23.5 Å². The monoisotopic (exact) mass is 405 g/mol. The van der Waals surface area contributed by atoms with Crippen molar-refractivity contribution in [3.05, 3.63) is 32.7 Å². The van der Waals surface area contributed by atoms with Crippen molar-refractivity contribution in [3.63, 3.8) is 0 Å². The van der Waals surface area contributed by atoms with Crippen molar-refractivity contribution in [3.8, 4) is 0 Å². The quantitative estimate of drug-likeness (QED) is 0.561. The average molecular weight is 405 g/mol. The van der Waals surface area contributed by atoms with Crippen molar-refractivity contribution in [2.24, 2.45) is 14.1 Å². The van der Waals surface area contributed by atoms with Crippen molar-refractivity contribution in [1.82, 2.24) is 14.0 Å². The molecule has 0 N–H and O–H groups in total. The van der Waals surface area contributed by atoms with Gasteiger partial charge in [0.1, 0.15) is 11.3 Å². The first-order valence-corrected chi connectivity index (χ1v) is 9.49. The Hall–Kier alpha value is -3.04. The molecule has 1 unspecified atom stereocenters. The Morgan fingerprint density at radius 2 is 1.76 bits per heavy atom. The van der Waals surface area contributed by atoms with Gasteiger partial charge in [-0.15, -0.1) is 0 Å². The summed E-state index contributed by atoms with van der Waals surface area (Å²) < 4.78 is 8.31. The number of fused-ring (bicyclic) bond motifs is 1. The normalized spacial score (nSPS) is 17.7. The number of aryl methyl sites for hydroxylation is 2. The molecule has 0 radical (unpaired) electrons. The lowest BCUT2D eigenvalue weighted by atomic mass is 10.1. The van der Waals surface area contributed by atoms with Gasteiger partial charge >= 0.3 is 11.8 Å². The van der Waals surface area contributed by atoms with E-state index in [0.717, 1.165) is 0 Å². The van der Waals surface area contributed by atoms with E-state index in [1.807, 2.05) is 32.6 Å². The number of aromatic nitrogens is 2. The van der Waals surface area contributed by atoms with Crippen LogP contribution in [-0.2, 0) is 18.8 Å². The Morgan fingerprint density at radius 1 is 1.17 bits per heavy atom. The summed E-state index contributed by atoms with van der Waals surface area (Å²) >= 11 is 0. The Labute approximate surface area is 168 Å². The van der Waals surface area contributed by atoms with Crippen LogP contribution in [0.25, 0.3) is 11.0 Å². The highest BCUT2D eigenvalue weighted by atomic mass is 16.6. The van der Waals surface area contributed by atoms with Crippen LogP contribution in [0.1, 0.15) is 27.7 Å². The van der Waals surface area contributed by atoms with E-state index in [2.05, 4.69) is 0 Å². The van der Waals surface area contributed by atoms with E-state index in [1.54, 1.807) is 25.1 Å². The highest BCUT2D eigenvalue weighted by Gasteiger charge is 2.33. The summed E-state index contributed by atoms with van der Waals surface area (Å²) in [6.45, 7) is 8.55. The first-order chi connectivity index (χ1) is 13.4. The number of carbonyl (C=O) groups is 1. The molecule has 1 aromatic heterocycles. The van der Waals surface area contributed by atoms with Crippen LogP contribution in [0.4, 0.5) is 16.2 Å². The standard InChI is InChI=1S/C19H27N5O5/c1-12-11-22(18(26)29-19(2,3)4)7-8-23(12)15-9-13-14(10-16(15)24(27)28)21(6)17(25)20(13)5/h9-10,12H,7-8,11H2,1-6H3. The molecule has 158 valence electrons. The molecular weight excluding hydrogens is 378 g/mol. The summed E-state index contributed by atoms with van der Waals surface area (Å²) in [6.07, 6.45) is -0.389. The predicted octanol–water partition coefficient (Wildman–Crippen LogP) is 2.23. The van der Waals surface area contributed by atoms with Crippen LogP contribution < -0.4 is 10.6 Å². The van der Waals surface area contributed by atoms with Crippen LogP contribution in [0.3, 0.4) is 0 Å². The SMILES string of the molecule is CC1CN(C(=O)OC(C)(C)C)CCN1c1cc2c(cc1[N+](=O)[O-])n(C)c(=O)n2C. The molecule has 1 aromatic carbocycles. The van der Waals surface area contributed by atoms with Crippen LogP contribution in [0.5, 0.6) is 0 Å². The maximum absolute atomic E-state index is 12.4. The molecule has 10 nitrogen and oxygen atoms in total. The van der Waals surface area contributed by atoms with Crippen molar-refractivity contribution >= 4 is 28.5 Å². The topological polar surface area (TPSA) is 103 Å². The number of hydrogen-bond acceptors (Lipinski definition) is 6. The molecule has 1 amide bonds. The zero-order valence-electron chi connectivity index (χ0n) is 17.6. The minimum Gasteiger partial charge on any atom is -0.444 e. The summed E-state index contributed by atoms with van der Waals surface area (Å²) in [5.74, 6) is 0. The molecule has 0 bridgehead atoms. The Balaban J connectivity index is 1.96. The van der Waals surface area contributed by atoms with Gasteiger partial charge in [-0.3, -0.25) is 19.2 Å². The van der Waals surface area contributed by atoms with E-state index in [0.29, 0.717) is 36.4 Å². The number of carbonyl (C=O) groups excluding carboxylic acids is 1. The lowest BCUT2D eigenvalue weighted by Gasteiger charge is -2.41. The first kappa shape index (κ1) is 20.7. The largest absolute Gasteiger partial charge is 0.444 e. The zero-order chi connectivity index (χ0) is 21.7. The van der Waals surface area contributed by atoms with Gasteiger partial charge in [-0.1, -0.05) is 0 Å². The number of ether oxygens (including phenoxy) is 1. The van der Waals surface area contributed by atoms with Gasteiger partial charge in [0.2, 0.25) is 0 Å². The average Bonchev–Trinajstić information content (AvgIpc) is 2.83. The number of nitro benzene ring substituents is 1. The number of piperazine rings is 1. The van der Waals surface area contributed by atoms with E-state index >= 15 is 0 Å². The van der Waals surface area contributed by atoms with Crippen LogP contribution in [0.15, 0.2) is 16.9 Å². The second-order valence-corrected chi connectivity index (χ2v) is 8.46. The van der Waals surface area contributed by atoms with Crippen LogP contribution in [0, 0.1) is 10.1 Å². The summed E-state index contributed by atoms with van der Waals surface area (Å²) in [7, 11) is 3.24. The zero-order valence-corrected chi connectivity index (χ0v) is 17.6. The molecule has 1 atom stereocenters. The third-order valence-electron chi connectivity index (χ3n) is 5.15. The number of anilines is 1. The van der Waals surface area contributed by atoms with Gasteiger partial charge < -0.3 is 14.5 Å². The molecule has 3 rings (SSSR count). The first-order valence-electron chi connectivity index (χ1n) is 9.49. The van der Waals surface area contributed by atoms with Crippen molar-refractivity contribution in [2.45, 2.75) is 39.3 Å². The van der Waals surface area contributed by atoms with Crippen molar-refractivity contribution in [1.29, 1.82) is 0 Å². The van der Waals surface area contributed by atoms with Gasteiger partial charge in [-0.05, 0) is 33.8 Å². The molecule has 1 saturated heterocycles. The third-order valence-corrected chi connectivity index (χ3v) is 5.15. The van der Waals surface area contributed by atoms with Crippen molar-refractivity contribution in [2.75, 3.05) is 24.5 Å². The molecule has 2 heterocycles. The molecule has 2 aromatic rings. The Bertz CT molecular complexity index is 1030. The molecule has 29 heavy (non-hydrogen) atoms. The number of benzene rings is 1. The molecule has 1 aliphatic rings. The lowest BCUT2D eigenvalue weighted by Crippen LogP contribution is -2.54. The van der Waals surface area contributed by atoms with Crippen LogP contribution in [0.2, 0.25) is 0 Å². The van der Waals surface area contributed by atoms with Gasteiger partial charge in [-0.25, -0.2) is 9.59 Å². The molecule has 1 fully saturated rings. The smallest absolute Gasteiger partial charge is 0.410 e. The Kier molecular flexibility index (Phi) is 5.06. The molecule has 1 aliphatic heterocycles. The molecular formula is C19H27N5O5. The maximum Gasteiger partial charge on any atom is 0.410 e. The number of nitrogens with zero attached hydrogens (tertiary/aromatic N) is 5. The van der Waals surface area contributed by atoms with Crippen molar-refractivity contribution < 1.29 is 14.5 Å². The fourth-order valence-corrected chi connectivity index (χ4v) is 3.71. The number of imidazole rings is 1. The van der Waals surface area contributed by atoms with E-state index in [4.69, 9.17) is 4.74 Å². The number of hydrogen-bond donors (Lipinski definition) is 0. The van der Waals surface area contributed by atoms with E-state index in [1.165, 1.54) is 15.2 Å². The second-order valence-electron chi connectivity index (χ2n) is 8.46. The summed E-state index contributed by atoms with van der Waals surface area (Å²) in [5, 5.41) is 11.7. The van der Waals surface area contributed by atoms with Crippen LogP contribution in [-0.4, -0.2) is 56.3 Å². The summed E-state index contributed by atoms with van der Waals surface area (Å²) in [5.41, 5.74) is 0.692. The van der Waals surface area contributed by atoms with Crippen LogP contribution >= 0.6 is 0 Å². The van der Waals surface area contributed by atoms with Gasteiger partial charge in [0.15, 0.2) is 0 Å². The molecule has 0 saturated carbocycles. The fourth-order valence-electron chi connectivity index (χ4n) is 3.71. The highest BCUT2D eigenvalue weighted by Crippen LogP contribution is 2.34. The third kappa shape index (κ3) is 3.79. The predicted molar refractivity (Wildman–Crippen MR) is 109 cm³/mol. The fraction of sp³-hybridized carbons (Fsp3) is 0.579. The van der Waals surface area contributed by atoms with E-state index in [9.17, 15) is 19.7 Å². The molecule has 10 heteroatoms. The minimum absolute atomic E-state index is 0.0590. The van der Waals surface area contributed by atoms with E-state index < -0.39 is 10.5 Å². The highest BCUT2D eigenvalue weighted by molar-refractivity contribution is 5.86. The lowest BCUT2D eigenvalue weighted by molar-refractivity contribution is -0.384. The number of nitro groups is 1. The maximum atomic E-state index is 12.4. The van der Waals surface area contributed by atoms with Gasteiger partial charge in [-0.2, -0.15) is 0 Å². The van der Waals surface area contributed by atoms with Gasteiger partial charge in [0.05, 0.1) is 16.0 Å².